The zero-order valence-electron chi connectivity index (χ0n) is 8.70. The Labute approximate surface area is 103 Å². The maximum Gasteiger partial charge on any atom is 0.318 e. The number of nitrogens with zero attached hydrogens (tertiary/aromatic N) is 3. The van der Waals surface area contributed by atoms with Crippen molar-refractivity contribution in [1.82, 2.24) is 9.97 Å². The van der Waals surface area contributed by atoms with Crippen LogP contribution in [0.1, 0.15) is 6.92 Å². The van der Waals surface area contributed by atoms with Crippen LogP contribution in [0.5, 0.6) is 6.01 Å². The zero-order chi connectivity index (χ0) is 11.3. The third kappa shape index (κ3) is 3.21. The lowest BCUT2D eigenvalue weighted by Crippen LogP contribution is -2.26. The lowest BCUT2D eigenvalue weighted by atomic mass is 10.4. The van der Waals surface area contributed by atoms with E-state index in [9.17, 15) is 0 Å². The van der Waals surface area contributed by atoms with Gasteiger partial charge in [0.05, 0.1) is 13.3 Å². The molecule has 0 N–H and O–H groups in total. The Morgan fingerprint density at radius 3 is 2.87 bits per heavy atom. The van der Waals surface area contributed by atoms with Crippen LogP contribution in [0.2, 0.25) is 5.02 Å². The van der Waals surface area contributed by atoms with Gasteiger partial charge in [0.2, 0.25) is 0 Å². The summed E-state index contributed by atoms with van der Waals surface area (Å²) in [5, 5.41) is 1.40. The Kier molecular flexibility index (Phi) is 5.11. The number of alkyl halides is 1. The minimum atomic E-state index is 0.336. The first-order valence-electron chi connectivity index (χ1n) is 4.60. The fourth-order valence-electron chi connectivity index (χ4n) is 1.18. The monoisotopic (exact) mass is 293 g/mol. The molecule has 0 fully saturated rings. The molecule has 1 rings (SSSR count). The van der Waals surface area contributed by atoms with Crippen molar-refractivity contribution < 1.29 is 4.74 Å². The Balaban J connectivity index is 2.98. The molecular weight excluding hydrogens is 281 g/mol. The van der Waals surface area contributed by atoms with Crippen LogP contribution in [0.15, 0.2) is 6.20 Å². The van der Waals surface area contributed by atoms with Crippen LogP contribution in [0.4, 0.5) is 5.82 Å². The first-order valence-corrected chi connectivity index (χ1v) is 6.10. The quantitative estimate of drug-likeness (QED) is 0.782. The van der Waals surface area contributed by atoms with E-state index in [2.05, 4.69) is 30.8 Å². The molecule has 0 bridgehead atoms. The van der Waals surface area contributed by atoms with Gasteiger partial charge in [-0.05, 0) is 6.92 Å². The molecule has 4 nitrogen and oxygen atoms in total. The van der Waals surface area contributed by atoms with E-state index in [-0.39, 0.29) is 0 Å². The van der Waals surface area contributed by atoms with Crippen molar-refractivity contribution in [3.05, 3.63) is 11.2 Å². The third-order valence-corrected chi connectivity index (χ3v) is 2.54. The van der Waals surface area contributed by atoms with Crippen molar-refractivity contribution >= 4 is 33.3 Å². The van der Waals surface area contributed by atoms with Crippen molar-refractivity contribution in [3.8, 4) is 6.01 Å². The zero-order valence-corrected chi connectivity index (χ0v) is 11.0. The molecule has 84 valence electrons. The van der Waals surface area contributed by atoms with Gasteiger partial charge in [-0.3, -0.25) is 0 Å². The Morgan fingerprint density at radius 2 is 2.33 bits per heavy atom. The molecule has 0 aliphatic carbocycles. The van der Waals surface area contributed by atoms with Gasteiger partial charge in [-0.1, -0.05) is 27.5 Å². The molecule has 0 radical (unpaired) electrons. The molecular formula is C9H13BrClN3O. The molecule has 6 heteroatoms. The minimum absolute atomic E-state index is 0.336. The maximum absolute atomic E-state index is 6.02. The second-order valence-electron chi connectivity index (χ2n) is 2.80. The number of halogens is 2. The highest BCUT2D eigenvalue weighted by atomic mass is 79.9. The van der Waals surface area contributed by atoms with Crippen LogP contribution in [-0.4, -0.2) is 35.5 Å². The fraction of sp³-hybridized carbons (Fsp3) is 0.556. The van der Waals surface area contributed by atoms with Crippen LogP contribution in [0.25, 0.3) is 0 Å². The summed E-state index contributed by atoms with van der Waals surface area (Å²) in [7, 11) is 1.54. The van der Waals surface area contributed by atoms with Crippen LogP contribution in [0.3, 0.4) is 0 Å². The average molecular weight is 295 g/mol. The molecule has 0 saturated heterocycles. The van der Waals surface area contributed by atoms with E-state index < -0.39 is 0 Å². The van der Waals surface area contributed by atoms with Gasteiger partial charge in [0, 0.05) is 18.4 Å². The minimum Gasteiger partial charge on any atom is -0.467 e. The van der Waals surface area contributed by atoms with Crippen LogP contribution in [0, 0.1) is 0 Å². The van der Waals surface area contributed by atoms with E-state index in [1.807, 2.05) is 6.92 Å². The number of methoxy groups -OCH3 is 1. The Morgan fingerprint density at radius 1 is 1.60 bits per heavy atom. The number of hydrogen-bond acceptors (Lipinski definition) is 4. The molecule has 0 saturated carbocycles. The number of anilines is 1. The van der Waals surface area contributed by atoms with E-state index in [4.69, 9.17) is 16.3 Å². The van der Waals surface area contributed by atoms with Crippen molar-refractivity contribution in [2.45, 2.75) is 6.92 Å². The molecule has 0 atom stereocenters. The molecule has 0 amide bonds. The highest BCUT2D eigenvalue weighted by Crippen LogP contribution is 2.24. The SMILES string of the molecule is CCN(CCBr)c1nc(OC)ncc1Cl. The lowest BCUT2D eigenvalue weighted by Gasteiger charge is -2.21. The normalized spacial score (nSPS) is 10.1. The molecule has 0 unspecified atom stereocenters. The molecule has 0 aliphatic rings. The van der Waals surface area contributed by atoms with Crippen LogP contribution in [-0.2, 0) is 0 Å². The van der Waals surface area contributed by atoms with E-state index in [0.717, 1.165) is 18.4 Å². The van der Waals surface area contributed by atoms with Gasteiger partial charge in [0.15, 0.2) is 5.82 Å². The summed E-state index contributed by atoms with van der Waals surface area (Å²) < 4.78 is 4.96. The predicted molar refractivity (Wildman–Crippen MR) is 65.3 cm³/mol. The molecule has 15 heavy (non-hydrogen) atoms. The Bertz CT molecular complexity index is 324. The molecule has 1 aromatic heterocycles. The number of rotatable bonds is 5. The summed E-state index contributed by atoms with van der Waals surface area (Å²) in [6, 6.07) is 0.336. The van der Waals surface area contributed by atoms with Gasteiger partial charge < -0.3 is 9.64 Å². The highest BCUT2D eigenvalue weighted by molar-refractivity contribution is 9.09. The molecule has 1 heterocycles. The largest absolute Gasteiger partial charge is 0.467 e. The lowest BCUT2D eigenvalue weighted by molar-refractivity contribution is 0.380. The molecule has 0 spiro atoms. The van der Waals surface area contributed by atoms with Gasteiger partial charge in [0.25, 0.3) is 0 Å². The van der Waals surface area contributed by atoms with E-state index in [0.29, 0.717) is 16.9 Å². The van der Waals surface area contributed by atoms with Gasteiger partial charge in [-0.15, -0.1) is 0 Å². The van der Waals surface area contributed by atoms with Crippen molar-refractivity contribution in [2.24, 2.45) is 0 Å². The second-order valence-corrected chi connectivity index (χ2v) is 4.00. The summed E-state index contributed by atoms with van der Waals surface area (Å²) in [6.07, 6.45) is 1.56. The number of hydrogen-bond donors (Lipinski definition) is 0. The van der Waals surface area contributed by atoms with Crippen molar-refractivity contribution in [2.75, 3.05) is 30.4 Å². The summed E-state index contributed by atoms with van der Waals surface area (Å²) in [6.45, 7) is 3.73. The van der Waals surface area contributed by atoms with E-state index >= 15 is 0 Å². The van der Waals surface area contributed by atoms with Gasteiger partial charge in [-0.25, -0.2) is 4.98 Å². The molecule has 0 aromatic carbocycles. The molecule has 0 aliphatic heterocycles. The summed E-state index contributed by atoms with van der Waals surface area (Å²) in [5.74, 6) is 0.713. The predicted octanol–water partition coefficient (Wildman–Crippen LogP) is 2.36. The van der Waals surface area contributed by atoms with Gasteiger partial charge in [-0.2, -0.15) is 4.98 Å². The second kappa shape index (κ2) is 6.12. The summed E-state index contributed by atoms with van der Waals surface area (Å²) >= 11 is 9.41. The van der Waals surface area contributed by atoms with Crippen molar-refractivity contribution in [3.63, 3.8) is 0 Å². The molecule has 1 aromatic rings. The topological polar surface area (TPSA) is 38.2 Å². The number of ether oxygens (including phenoxy) is 1. The third-order valence-electron chi connectivity index (χ3n) is 1.92. The fourth-order valence-corrected chi connectivity index (χ4v) is 1.82. The van der Waals surface area contributed by atoms with Crippen LogP contribution < -0.4 is 9.64 Å². The van der Waals surface area contributed by atoms with Crippen LogP contribution >= 0.6 is 27.5 Å². The van der Waals surface area contributed by atoms with Gasteiger partial charge >= 0.3 is 6.01 Å². The average Bonchev–Trinajstić information content (AvgIpc) is 2.27. The van der Waals surface area contributed by atoms with Gasteiger partial charge in [0.1, 0.15) is 5.02 Å². The highest BCUT2D eigenvalue weighted by Gasteiger charge is 2.11. The summed E-state index contributed by atoms with van der Waals surface area (Å²) in [4.78, 5) is 10.2. The first-order chi connectivity index (χ1) is 7.22. The first kappa shape index (κ1) is 12.5. The summed E-state index contributed by atoms with van der Waals surface area (Å²) in [5.41, 5.74) is 0. The Hall–Kier alpha value is -0.550. The van der Waals surface area contributed by atoms with E-state index in [1.165, 1.54) is 7.11 Å². The van der Waals surface area contributed by atoms with E-state index in [1.54, 1.807) is 6.20 Å². The standard InChI is InChI=1S/C9H13BrClN3O/c1-3-14(5-4-10)8-7(11)6-12-9(13-8)15-2/h6H,3-5H2,1-2H3. The van der Waals surface area contributed by atoms with Crippen molar-refractivity contribution in [1.29, 1.82) is 0 Å². The number of aromatic nitrogens is 2. The smallest absolute Gasteiger partial charge is 0.318 e. The maximum atomic E-state index is 6.02.